The van der Waals surface area contributed by atoms with Gasteiger partial charge in [0.15, 0.2) is 0 Å². The van der Waals surface area contributed by atoms with E-state index in [1.807, 2.05) is 0 Å². The highest BCUT2D eigenvalue weighted by molar-refractivity contribution is 6.83. The van der Waals surface area contributed by atoms with Crippen LogP contribution in [0, 0.1) is 0 Å². The topological polar surface area (TPSA) is 258 Å². The quantitative estimate of drug-likeness (QED) is 0.0405. The standard InChI is InChI=1S/C68H164O28Si13/c1-29-96-43-30-44-97(45-31-48-98(51-34-60-101(69-2,70-3)71-4,52-35-61-102(72-5,73-6)74-7)53-36-62-103(75-8,76-9)77-10,46-32-49-99(54-37-63-104(78-11,79-12)80-13,55-38-64-105(81-14,82-15)83-16)56-39-65-106(84-17,85-18)86-19)47-33-50-100(57-40-66-107(87-20,88-21)89-22,58-41-67-108(90-23,91-24)92-25)59-42-68-109(93-26,94-27)95-28/h29-68H2,1-28H3. The Balaban J connectivity index is 9.51. The second-order valence-corrected chi connectivity index (χ2v) is 77.0. The third-order valence-electron chi connectivity index (χ3n) is 24.6. The molecule has 0 saturated heterocycles. The van der Waals surface area contributed by atoms with Crippen LogP contribution in [0.25, 0.3) is 0 Å². The van der Waals surface area contributed by atoms with E-state index in [9.17, 15) is 0 Å². The summed E-state index contributed by atoms with van der Waals surface area (Å²) in [5, 5.41) is 0. The molecule has 0 unspecified atom stereocenters. The Morgan fingerprint density at radius 2 is 0.220 bits per heavy atom. The summed E-state index contributed by atoms with van der Waals surface area (Å²) in [6.07, 6.45) is 12.6. The molecule has 0 aromatic heterocycles. The van der Waals surface area contributed by atoms with Crippen molar-refractivity contribution in [2.24, 2.45) is 0 Å². The summed E-state index contributed by atoms with van der Waals surface area (Å²) in [6, 6.07) is 24.2. The largest absolute Gasteiger partial charge is 0.500 e. The first kappa shape index (κ1) is 111. The van der Waals surface area contributed by atoms with E-state index in [2.05, 4.69) is 6.92 Å². The lowest BCUT2D eigenvalue weighted by Gasteiger charge is -2.40. The third kappa shape index (κ3) is 36.9. The van der Waals surface area contributed by atoms with Crippen LogP contribution in [0.3, 0.4) is 0 Å². The SMILES string of the molecule is CCOCCC[Si](CCC[Si](CCC[Si](OC)(OC)OC)(CCC[Si](OC)(OC)OC)CCC[Si](OC)(OC)OC)(CCC[Si](CCC[Si](OC)(OC)OC)(CCC[Si](OC)(OC)OC)CCC[Si](OC)(OC)OC)CCC[Si](CCC[Si](OC)(OC)OC)(CCC[Si](OC)(OC)OC)CCC[Si](OC)(OC)OC. The molecule has 0 saturated carbocycles. The molecule has 41 heteroatoms. The Kier molecular flexibility index (Phi) is 60.3. The molecule has 0 aliphatic carbocycles. The van der Waals surface area contributed by atoms with Gasteiger partial charge in [0.25, 0.3) is 0 Å². The molecule has 0 aliphatic heterocycles. The number of hydrogen-bond donors (Lipinski definition) is 0. The van der Waals surface area contributed by atoms with Crippen molar-refractivity contribution in [1.82, 2.24) is 0 Å². The van der Waals surface area contributed by atoms with Crippen LogP contribution in [-0.2, 0) is 124 Å². The highest BCUT2D eigenvalue weighted by Crippen LogP contribution is 2.46. The van der Waals surface area contributed by atoms with Gasteiger partial charge >= 0.3 is 79.2 Å². The minimum absolute atomic E-state index is 0.666. The molecular formula is C68H164O28Si13. The van der Waals surface area contributed by atoms with Crippen molar-refractivity contribution in [1.29, 1.82) is 0 Å². The van der Waals surface area contributed by atoms with Crippen molar-refractivity contribution < 1.29 is 124 Å². The first-order valence-electron chi connectivity index (χ1n) is 39.7. The normalized spacial score (nSPS) is 14.0. The summed E-state index contributed by atoms with van der Waals surface area (Å²) in [6.45, 7) is 3.50. The fourth-order valence-corrected chi connectivity index (χ4v) is 57.9. The number of ether oxygens (including phenoxy) is 1. The fourth-order valence-electron chi connectivity index (χ4n) is 17.3. The summed E-state index contributed by atoms with van der Waals surface area (Å²) in [5.41, 5.74) is 0. The van der Waals surface area contributed by atoms with Crippen LogP contribution in [0.4, 0.5) is 0 Å². The van der Waals surface area contributed by atoms with Gasteiger partial charge in [-0.25, -0.2) is 0 Å². The molecule has 0 heterocycles. The summed E-state index contributed by atoms with van der Waals surface area (Å²) in [4.78, 5) is 0. The molecule has 656 valence electrons. The molecule has 0 aromatic rings. The molecule has 28 nitrogen and oxygen atoms in total. The van der Waals surface area contributed by atoms with E-state index in [-0.39, 0.29) is 0 Å². The molecule has 109 heavy (non-hydrogen) atoms. The van der Waals surface area contributed by atoms with Gasteiger partial charge in [-0.2, -0.15) is 0 Å². The highest BCUT2D eigenvalue weighted by atomic mass is 28.4. The Hall–Kier alpha value is 1.70. The lowest BCUT2D eigenvalue weighted by Crippen LogP contribution is -2.45. The van der Waals surface area contributed by atoms with Crippen LogP contribution in [0.15, 0.2) is 0 Å². The van der Waals surface area contributed by atoms with Crippen molar-refractivity contribution in [2.75, 3.05) is 205 Å². The summed E-state index contributed by atoms with van der Waals surface area (Å²) in [5.74, 6) is 0. The van der Waals surface area contributed by atoms with Crippen LogP contribution < -0.4 is 0 Å². The van der Waals surface area contributed by atoms with Gasteiger partial charge in [0.1, 0.15) is 0 Å². The van der Waals surface area contributed by atoms with E-state index in [1.54, 1.807) is 192 Å². The first-order valence-corrected chi connectivity index (χ1v) is 68.4. The summed E-state index contributed by atoms with van der Waals surface area (Å²) < 4.78 is 172. The van der Waals surface area contributed by atoms with Gasteiger partial charge in [-0.05, 0) is 13.3 Å². The Morgan fingerprint density at radius 1 is 0.128 bits per heavy atom. The van der Waals surface area contributed by atoms with E-state index in [1.165, 1.54) is 18.1 Å². The molecule has 0 spiro atoms. The molecule has 0 rings (SSSR count). The second kappa shape index (κ2) is 59.4. The van der Waals surface area contributed by atoms with Crippen molar-refractivity contribution in [3.63, 3.8) is 0 Å². The van der Waals surface area contributed by atoms with Gasteiger partial charge in [-0.3, -0.25) is 0 Å². The molecule has 0 aromatic carbocycles. The number of rotatable bonds is 80. The van der Waals surface area contributed by atoms with Gasteiger partial charge in [0.05, 0.1) is 32.3 Å². The lowest BCUT2D eigenvalue weighted by atomic mass is 10.5. The minimum atomic E-state index is -2.95. The average Bonchev–Trinajstić information content (AvgIpc) is 0.830. The van der Waals surface area contributed by atoms with E-state index in [0.717, 1.165) is 169 Å². The summed E-state index contributed by atoms with van der Waals surface area (Å²) in [7, 11) is 10.7. The predicted octanol–water partition coefficient (Wildman–Crippen LogP) is 14.8. The zero-order chi connectivity index (χ0) is 82.6. The van der Waals surface area contributed by atoms with Crippen LogP contribution in [0.1, 0.15) is 90.4 Å². The zero-order valence-corrected chi connectivity index (χ0v) is 87.2. The first-order chi connectivity index (χ1) is 52.2. The molecule has 0 radical (unpaired) electrons. The smallest absolute Gasteiger partial charge is 0.382 e. The highest BCUT2D eigenvalue weighted by Gasteiger charge is 2.49. The molecule has 0 amide bonds. The molecular weight excluding hydrogens is 1630 g/mol. The van der Waals surface area contributed by atoms with E-state index in [0.29, 0.717) is 61.0 Å². The van der Waals surface area contributed by atoms with Crippen LogP contribution >= 0.6 is 0 Å². The van der Waals surface area contributed by atoms with Crippen LogP contribution in [0.2, 0.25) is 151 Å². The maximum absolute atomic E-state index is 6.40. The van der Waals surface area contributed by atoms with Crippen molar-refractivity contribution in [3.05, 3.63) is 0 Å². The Labute approximate surface area is 678 Å². The predicted molar refractivity (Wildman–Crippen MR) is 461 cm³/mol. The fraction of sp³-hybridized carbons (Fsp3) is 1.00. The Morgan fingerprint density at radius 3 is 0.312 bits per heavy atom. The molecule has 0 N–H and O–H groups in total. The van der Waals surface area contributed by atoms with Gasteiger partial charge in [-0.15, -0.1) is 0 Å². The van der Waals surface area contributed by atoms with Crippen molar-refractivity contribution in [2.45, 2.75) is 241 Å². The molecule has 0 bridgehead atoms. The molecule has 0 aliphatic rings. The summed E-state index contributed by atoms with van der Waals surface area (Å²) >= 11 is 0. The van der Waals surface area contributed by atoms with E-state index in [4.69, 9.17) is 124 Å². The number of hydrogen-bond acceptors (Lipinski definition) is 28. The third-order valence-corrected chi connectivity index (χ3v) is 72.7. The van der Waals surface area contributed by atoms with Gasteiger partial charge in [0, 0.05) is 260 Å². The maximum atomic E-state index is 6.40. The van der Waals surface area contributed by atoms with Gasteiger partial charge < -0.3 is 124 Å². The Bertz CT molecular complexity index is 1690. The molecule has 0 atom stereocenters. The van der Waals surface area contributed by atoms with E-state index >= 15 is 0 Å². The maximum Gasteiger partial charge on any atom is 0.500 e. The van der Waals surface area contributed by atoms with Crippen molar-refractivity contribution in [3.8, 4) is 0 Å². The van der Waals surface area contributed by atoms with Gasteiger partial charge in [-0.1, -0.05) is 174 Å². The van der Waals surface area contributed by atoms with Gasteiger partial charge in [0.2, 0.25) is 0 Å². The van der Waals surface area contributed by atoms with E-state index < -0.39 is 112 Å². The van der Waals surface area contributed by atoms with Crippen LogP contribution in [-0.4, -0.2) is 317 Å². The van der Waals surface area contributed by atoms with Crippen molar-refractivity contribution >= 4 is 112 Å². The van der Waals surface area contributed by atoms with Crippen LogP contribution in [0.5, 0.6) is 0 Å². The minimum Gasteiger partial charge on any atom is -0.382 e. The molecule has 0 fully saturated rings. The lowest BCUT2D eigenvalue weighted by molar-refractivity contribution is 0.122. The monoisotopic (exact) mass is 1790 g/mol. The average molecular weight is 1800 g/mol. The zero-order valence-electron chi connectivity index (χ0n) is 74.2. The second-order valence-electron chi connectivity index (χ2n) is 29.2.